The molecule has 1 fully saturated rings. The van der Waals surface area contributed by atoms with E-state index in [1.54, 1.807) is 7.11 Å². The molecule has 140 valence electrons. The summed E-state index contributed by atoms with van der Waals surface area (Å²) in [4.78, 5) is 19.3. The van der Waals surface area contributed by atoms with Crippen molar-refractivity contribution in [3.63, 3.8) is 0 Å². The van der Waals surface area contributed by atoms with Gasteiger partial charge in [-0.3, -0.25) is 4.79 Å². The summed E-state index contributed by atoms with van der Waals surface area (Å²) >= 11 is 0. The summed E-state index contributed by atoms with van der Waals surface area (Å²) in [7, 11) is 1.56. The van der Waals surface area contributed by atoms with Gasteiger partial charge in [-0.1, -0.05) is 20.8 Å². The van der Waals surface area contributed by atoms with Gasteiger partial charge in [0.1, 0.15) is 11.4 Å². The van der Waals surface area contributed by atoms with Crippen molar-refractivity contribution in [3.05, 3.63) is 17.2 Å². The highest BCUT2D eigenvalue weighted by atomic mass is 16.5. The van der Waals surface area contributed by atoms with Gasteiger partial charge in [0, 0.05) is 19.6 Å². The van der Waals surface area contributed by atoms with Gasteiger partial charge in [0.25, 0.3) is 5.91 Å². The van der Waals surface area contributed by atoms with Gasteiger partial charge in [-0.05, 0) is 36.8 Å². The van der Waals surface area contributed by atoms with Crippen LogP contribution in [0.2, 0.25) is 0 Å². The van der Waals surface area contributed by atoms with Crippen molar-refractivity contribution >= 4 is 11.7 Å². The van der Waals surface area contributed by atoms with E-state index in [4.69, 9.17) is 9.47 Å². The Hall–Kier alpha value is -1.82. The summed E-state index contributed by atoms with van der Waals surface area (Å²) in [6.45, 7) is 12.2. The molecule has 2 rings (SSSR count). The SMILES string of the molecule is COc1nc(N2CCOCC2)cc(C)c1C(=O)NCCCC(C)(C)C. The van der Waals surface area contributed by atoms with Crippen LogP contribution in [0.3, 0.4) is 0 Å². The number of amides is 1. The average molecular weight is 349 g/mol. The molecule has 0 saturated carbocycles. The van der Waals surface area contributed by atoms with Crippen LogP contribution in [-0.2, 0) is 4.74 Å². The number of carbonyl (C=O) groups excluding carboxylic acids is 1. The van der Waals surface area contributed by atoms with E-state index in [1.165, 1.54) is 0 Å². The van der Waals surface area contributed by atoms with Crippen LogP contribution >= 0.6 is 0 Å². The smallest absolute Gasteiger partial charge is 0.257 e. The Morgan fingerprint density at radius 2 is 2.04 bits per heavy atom. The third kappa shape index (κ3) is 5.59. The molecule has 1 saturated heterocycles. The Kier molecular flexibility index (Phi) is 6.64. The third-order valence-corrected chi connectivity index (χ3v) is 4.31. The molecular formula is C19H31N3O3. The van der Waals surface area contributed by atoms with Crippen LogP contribution in [0.5, 0.6) is 5.88 Å². The van der Waals surface area contributed by atoms with E-state index in [2.05, 4.69) is 36.0 Å². The number of aromatic nitrogens is 1. The lowest BCUT2D eigenvalue weighted by atomic mass is 9.91. The van der Waals surface area contributed by atoms with Crippen molar-refractivity contribution in [1.82, 2.24) is 10.3 Å². The number of morpholine rings is 1. The predicted molar refractivity (Wildman–Crippen MR) is 99.6 cm³/mol. The first-order valence-corrected chi connectivity index (χ1v) is 8.98. The number of nitrogens with zero attached hydrogens (tertiary/aromatic N) is 2. The first-order valence-electron chi connectivity index (χ1n) is 8.98. The first-order chi connectivity index (χ1) is 11.8. The Morgan fingerprint density at radius 3 is 2.64 bits per heavy atom. The second kappa shape index (κ2) is 8.52. The fraction of sp³-hybridized carbons (Fsp3) is 0.684. The molecule has 0 bridgehead atoms. The summed E-state index contributed by atoms with van der Waals surface area (Å²) < 4.78 is 10.8. The second-order valence-corrected chi connectivity index (χ2v) is 7.70. The number of anilines is 1. The lowest BCUT2D eigenvalue weighted by Crippen LogP contribution is -2.37. The van der Waals surface area contributed by atoms with Crippen LogP contribution in [0.15, 0.2) is 6.07 Å². The topological polar surface area (TPSA) is 63.7 Å². The number of ether oxygens (including phenoxy) is 2. The third-order valence-electron chi connectivity index (χ3n) is 4.31. The number of hydrogen-bond donors (Lipinski definition) is 1. The van der Waals surface area contributed by atoms with E-state index in [0.717, 1.165) is 37.3 Å². The minimum absolute atomic E-state index is 0.121. The minimum atomic E-state index is -0.121. The van der Waals surface area contributed by atoms with Gasteiger partial charge in [-0.2, -0.15) is 4.98 Å². The highest BCUT2D eigenvalue weighted by molar-refractivity contribution is 5.98. The quantitative estimate of drug-likeness (QED) is 0.800. The fourth-order valence-electron chi connectivity index (χ4n) is 2.91. The number of hydrogen-bond acceptors (Lipinski definition) is 5. The summed E-state index contributed by atoms with van der Waals surface area (Å²) in [6, 6.07) is 1.96. The summed E-state index contributed by atoms with van der Waals surface area (Å²) in [6.07, 6.45) is 2.02. The number of carbonyl (C=O) groups is 1. The molecule has 2 heterocycles. The molecule has 1 aliphatic rings. The molecule has 0 unspecified atom stereocenters. The molecule has 1 aliphatic heterocycles. The van der Waals surface area contributed by atoms with Crippen molar-refractivity contribution in [2.75, 3.05) is 44.9 Å². The Labute approximate surface area is 150 Å². The van der Waals surface area contributed by atoms with Gasteiger partial charge in [0.05, 0.1) is 20.3 Å². The van der Waals surface area contributed by atoms with E-state index in [0.29, 0.717) is 31.2 Å². The molecule has 25 heavy (non-hydrogen) atoms. The lowest BCUT2D eigenvalue weighted by molar-refractivity contribution is 0.0947. The zero-order chi connectivity index (χ0) is 18.4. The number of rotatable bonds is 6. The largest absolute Gasteiger partial charge is 0.480 e. The molecule has 0 spiro atoms. The van der Waals surface area contributed by atoms with E-state index in [1.807, 2.05) is 13.0 Å². The molecule has 0 aromatic carbocycles. The standard InChI is InChI=1S/C19H31N3O3/c1-14-13-15(22-9-11-25-12-10-22)21-18(24-5)16(14)17(23)20-8-6-7-19(2,3)4/h13H,6-12H2,1-5H3,(H,20,23). The normalized spacial score (nSPS) is 15.2. The van der Waals surface area contributed by atoms with Crippen molar-refractivity contribution in [2.24, 2.45) is 5.41 Å². The highest BCUT2D eigenvalue weighted by Crippen LogP contribution is 2.26. The molecule has 1 amide bonds. The van der Waals surface area contributed by atoms with Crippen LogP contribution in [0.4, 0.5) is 5.82 Å². The Bertz CT molecular complexity index is 590. The van der Waals surface area contributed by atoms with Crippen molar-refractivity contribution in [3.8, 4) is 5.88 Å². The van der Waals surface area contributed by atoms with Crippen LogP contribution in [0, 0.1) is 12.3 Å². The zero-order valence-corrected chi connectivity index (χ0v) is 16.1. The van der Waals surface area contributed by atoms with Crippen molar-refractivity contribution in [1.29, 1.82) is 0 Å². The van der Waals surface area contributed by atoms with E-state index < -0.39 is 0 Å². The molecule has 0 aliphatic carbocycles. The predicted octanol–water partition coefficient (Wildman–Crippen LogP) is 2.79. The zero-order valence-electron chi connectivity index (χ0n) is 16.1. The van der Waals surface area contributed by atoms with Crippen LogP contribution in [0.25, 0.3) is 0 Å². The van der Waals surface area contributed by atoms with Gasteiger partial charge in [0.15, 0.2) is 0 Å². The Balaban J connectivity index is 2.07. The van der Waals surface area contributed by atoms with Gasteiger partial charge in [0.2, 0.25) is 5.88 Å². The van der Waals surface area contributed by atoms with Crippen LogP contribution in [0.1, 0.15) is 49.5 Å². The lowest BCUT2D eigenvalue weighted by Gasteiger charge is -2.28. The van der Waals surface area contributed by atoms with E-state index in [9.17, 15) is 4.79 Å². The molecule has 6 heteroatoms. The molecule has 0 atom stereocenters. The van der Waals surface area contributed by atoms with E-state index in [-0.39, 0.29) is 11.3 Å². The highest BCUT2D eigenvalue weighted by Gasteiger charge is 2.21. The number of aryl methyl sites for hydroxylation is 1. The van der Waals surface area contributed by atoms with Gasteiger partial charge >= 0.3 is 0 Å². The van der Waals surface area contributed by atoms with Crippen LogP contribution in [-0.4, -0.2) is 50.8 Å². The maximum absolute atomic E-state index is 12.6. The summed E-state index contributed by atoms with van der Waals surface area (Å²) in [5.41, 5.74) is 1.68. The van der Waals surface area contributed by atoms with Crippen LogP contribution < -0.4 is 15.0 Å². The van der Waals surface area contributed by atoms with Gasteiger partial charge < -0.3 is 19.7 Å². The molecule has 6 nitrogen and oxygen atoms in total. The molecule has 1 aromatic heterocycles. The van der Waals surface area contributed by atoms with Gasteiger partial charge in [-0.25, -0.2) is 0 Å². The molecular weight excluding hydrogens is 318 g/mol. The maximum atomic E-state index is 12.6. The molecule has 1 N–H and O–H groups in total. The summed E-state index contributed by atoms with van der Waals surface area (Å²) in [5.74, 6) is 1.10. The number of pyridine rings is 1. The first kappa shape index (κ1) is 19.5. The molecule has 0 radical (unpaired) electrons. The van der Waals surface area contributed by atoms with Crippen molar-refractivity contribution < 1.29 is 14.3 Å². The summed E-state index contributed by atoms with van der Waals surface area (Å²) in [5, 5.41) is 2.99. The number of methoxy groups -OCH3 is 1. The Morgan fingerprint density at radius 1 is 1.36 bits per heavy atom. The minimum Gasteiger partial charge on any atom is -0.480 e. The van der Waals surface area contributed by atoms with Crippen molar-refractivity contribution in [2.45, 2.75) is 40.5 Å². The number of nitrogens with one attached hydrogen (secondary N) is 1. The average Bonchev–Trinajstić information content (AvgIpc) is 2.57. The molecule has 1 aromatic rings. The second-order valence-electron chi connectivity index (χ2n) is 7.70. The van der Waals surface area contributed by atoms with E-state index >= 15 is 0 Å². The monoisotopic (exact) mass is 349 g/mol. The van der Waals surface area contributed by atoms with Gasteiger partial charge in [-0.15, -0.1) is 0 Å². The maximum Gasteiger partial charge on any atom is 0.257 e. The fourth-order valence-corrected chi connectivity index (χ4v) is 2.91.